The molecule has 2 aromatic heterocycles. The molecule has 7 heteroatoms. The molecular formula is C15H13N3O2S2. The molecule has 0 unspecified atom stereocenters. The summed E-state index contributed by atoms with van der Waals surface area (Å²) in [5, 5.41) is 7.76. The van der Waals surface area contributed by atoms with Gasteiger partial charge < -0.3 is 10.6 Å². The van der Waals surface area contributed by atoms with E-state index in [-0.39, 0.29) is 11.8 Å². The molecule has 3 rings (SSSR count). The summed E-state index contributed by atoms with van der Waals surface area (Å²) >= 11 is 2.74. The third kappa shape index (κ3) is 3.15. The van der Waals surface area contributed by atoms with Crippen LogP contribution in [0.3, 0.4) is 0 Å². The second-order valence-electron chi connectivity index (χ2n) is 4.65. The Bertz CT molecular complexity index is 778. The van der Waals surface area contributed by atoms with Crippen LogP contribution in [-0.4, -0.2) is 22.8 Å². The first-order valence-electron chi connectivity index (χ1n) is 6.64. The van der Waals surface area contributed by atoms with E-state index in [0.29, 0.717) is 10.0 Å². The Labute approximate surface area is 135 Å². The molecule has 0 saturated heterocycles. The van der Waals surface area contributed by atoms with Crippen molar-refractivity contribution in [3.05, 3.63) is 46.7 Å². The zero-order valence-electron chi connectivity index (χ0n) is 11.7. The van der Waals surface area contributed by atoms with Gasteiger partial charge in [-0.05, 0) is 30.5 Å². The Morgan fingerprint density at radius 2 is 2.00 bits per heavy atom. The second kappa shape index (κ2) is 6.25. The van der Waals surface area contributed by atoms with Crippen LogP contribution in [0.15, 0.2) is 41.8 Å². The fraction of sp³-hybridized carbons (Fsp3) is 0.133. The van der Waals surface area contributed by atoms with Gasteiger partial charge in [-0.2, -0.15) is 0 Å². The van der Waals surface area contributed by atoms with E-state index in [1.807, 2.05) is 29.6 Å². The largest absolute Gasteiger partial charge is 0.340 e. The maximum Gasteiger partial charge on any atom is 0.261 e. The highest BCUT2D eigenvalue weighted by molar-refractivity contribution is 7.22. The second-order valence-corrected chi connectivity index (χ2v) is 6.63. The van der Waals surface area contributed by atoms with Crippen molar-refractivity contribution in [1.29, 1.82) is 0 Å². The van der Waals surface area contributed by atoms with Gasteiger partial charge in [-0.1, -0.05) is 29.5 Å². The van der Waals surface area contributed by atoms with Crippen LogP contribution in [0.2, 0.25) is 0 Å². The number of rotatable bonds is 4. The molecule has 0 spiro atoms. The Morgan fingerprint density at radius 1 is 1.18 bits per heavy atom. The standard InChI is InChI=1S/C15H13N3O2S2/c1-9(16-14(20)12-7-4-8-21-12)13(19)18-15-17-10-5-2-3-6-11(10)22-15/h2-9H,1H3,(H,16,20)(H,17,18,19)/t9-/m0/s1. The maximum atomic E-state index is 12.1. The van der Waals surface area contributed by atoms with E-state index >= 15 is 0 Å². The van der Waals surface area contributed by atoms with Crippen molar-refractivity contribution in [2.24, 2.45) is 0 Å². The summed E-state index contributed by atoms with van der Waals surface area (Å²) in [6, 6.07) is 10.5. The number of amides is 2. The number of para-hydroxylation sites is 1. The quantitative estimate of drug-likeness (QED) is 0.771. The van der Waals surface area contributed by atoms with Gasteiger partial charge >= 0.3 is 0 Å². The van der Waals surface area contributed by atoms with Gasteiger partial charge in [0.1, 0.15) is 6.04 Å². The van der Waals surface area contributed by atoms with E-state index < -0.39 is 6.04 Å². The minimum Gasteiger partial charge on any atom is -0.340 e. The van der Waals surface area contributed by atoms with E-state index in [2.05, 4.69) is 15.6 Å². The number of carbonyl (C=O) groups excluding carboxylic acids is 2. The summed E-state index contributed by atoms with van der Waals surface area (Å²) in [4.78, 5) is 29.0. The van der Waals surface area contributed by atoms with E-state index in [0.717, 1.165) is 10.2 Å². The molecule has 22 heavy (non-hydrogen) atoms. The van der Waals surface area contributed by atoms with Crippen molar-refractivity contribution in [2.45, 2.75) is 13.0 Å². The predicted octanol–water partition coefficient (Wildman–Crippen LogP) is 3.11. The molecule has 1 atom stereocenters. The molecule has 0 radical (unpaired) electrons. The average molecular weight is 331 g/mol. The molecule has 0 saturated carbocycles. The zero-order chi connectivity index (χ0) is 15.5. The summed E-state index contributed by atoms with van der Waals surface area (Å²) in [6.07, 6.45) is 0. The molecule has 2 amide bonds. The molecule has 0 fully saturated rings. The van der Waals surface area contributed by atoms with Gasteiger partial charge in [-0.25, -0.2) is 4.98 Å². The number of fused-ring (bicyclic) bond motifs is 1. The lowest BCUT2D eigenvalue weighted by Crippen LogP contribution is -2.41. The van der Waals surface area contributed by atoms with Crippen LogP contribution in [-0.2, 0) is 4.79 Å². The first kappa shape index (κ1) is 14.7. The lowest BCUT2D eigenvalue weighted by atomic mass is 10.3. The van der Waals surface area contributed by atoms with Crippen molar-refractivity contribution in [2.75, 3.05) is 5.32 Å². The molecule has 0 aliphatic heterocycles. The van der Waals surface area contributed by atoms with E-state index in [4.69, 9.17) is 0 Å². The topological polar surface area (TPSA) is 71.1 Å². The molecule has 5 nitrogen and oxygen atoms in total. The zero-order valence-corrected chi connectivity index (χ0v) is 13.3. The Balaban J connectivity index is 1.64. The number of aromatic nitrogens is 1. The Morgan fingerprint density at radius 3 is 2.73 bits per heavy atom. The molecule has 0 aliphatic rings. The molecule has 2 N–H and O–H groups in total. The van der Waals surface area contributed by atoms with Crippen LogP contribution in [0.4, 0.5) is 5.13 Å². The third-order valence-corrected chi connectivity index (χ3v) is 4.83. The number of hydrogen-bond donors (Lipinski definition) is 2. The predicted molar refractivity (Wildman–Crippen MR) is 89.5 cm³/mol. The van der Waals surface area contributed by atoms with Gasteiger partial charge in [0.15, 0.2) is 5.13 Å². The Kier molecular flexibility index (Phi) is 4.17. The smallest absolute Gasteiger partial charge is 0.261 e. The van der Waals surface area contributed by atoms with Gasteiger partial charge in [-0.3, -0.25) is 9.59 Å². The number of nitrogens with one attached hydrogen (secondary N) is 2. The summed E-state index contributed by atoms with van der Waals surface area (Å²) in [5.41, 5.74) is 0.845. The van der Waals surface area contributed by atoms with Gasteiger partial charge in [-0.15, -0.1) is 11.3 Å². The number of carbonyl (C=O) groups is 2. The van der Waals surface area contributed by atoms with Gasteiger partial charge in [0.25, 0.3) is 5.91 Å². The lowest BCUT2D eigenvalue weighted by Gasteiger charge is -2.12. The van der Waals surface area contributed by atoms with Crippen LogP contribution >= 0.6 is 22.7 Å². The van der Waals surface area contributed by atoms with Crippen LogP contribution in [0, 0.1) is 0 Å². The van der Waals surface area contributed by atoms with Crippen LogP contribution in [0.5, 0.6) is 0 Å². The van der Waals surface area contributed by atoms with E-state index in [1.54, 1.807) is 19.1 Å². The molecule has 112 valence electrons. The van der Waals surface area contributed by atoms with Gasteiger partial charge in [0, 0.05) is 0 Å². The fourth-order valence-corrected chi connectivity index (χ4v) is 3.38. The van der Waals surface area contributed by atoms with Crippen molar-refractivity contribution in [3.63, 3.8) is 0 Å². The number of nitrogens with zero attached hydrogens (tertiary/aromatic N) is 1. The summed E-state index contributed by atoms with van der Waals surface area (Å²) in [5.74, 6) is -0.536. The van der Waals surface area contributed by atoms with Crippen molar-refractivity contribution >= 4 is 49.8 Å². The van der Waals surface area contributed by atoms with Crippen LogP contribution in [0.25, 0.3) is 10.2 Å². The molecule has 3 aromatic rings. The van der Waals surface area contributed by atoms with Crippen LogP contribution in [0.1, 0.15) is 16.6 Å². The number of hydrogen-bond acceptors (Lipinski definition) is 5. The number of anilines is 1. The van der Waals surface area contributed by atoms with E-state index in [9.17, 15) is 9.59 Å². The molecular weight excluding hydrogens is 318 g/mol. The first-order chi connectivity index (χ1) is 10.6. The minimum absolute atomic E-state index is 0.248. The monoisotopic (exact) mass is 331 g/mol. The fourth-order valence-electron chi connectivity index (χ4n) is 1.88. The lowest BCUT2D eigenvalue weighted by molar-refractivity contribution is -0.117. The molecule has 2 heterocycles. The van der Waals surface area contributed by atoms with Gasteiger partial charge in [0.05, 0.1) is 15.1 Å². The molecule has 1 aromatic carbocycles. The maximum absolute atomic E-state index is 12.1. The van der Waals surface area contributed by atoms with Crippen LogP contribution < -0.4 is 10.6 Å². The van der Waals surface area contributed by atoms with Crippen molar-refractivity contribution < 1.29 is 9.59 Å². The molecule has 0 bridgehead atoms. The van der Waals surface area contributed by atoms with Crippen molar-refractivity contribution in [3.8, 4) is 0 Å². The SMILES string of the molecule is C[C@H](NC(=O)c1cccs1)C(=O)Nc1nc2ccccc2s1. The van der Waals surface area contributed by atoms with E-state index in [1.165, 1.54) is 22.7 Å². The summed E-state index contributed by atoms with van der Waals surface area (Å²) < 4.78 is 1.01. The average Bonchev–Trinajstić information content (AvgIpc) is 3.15. The summed E-state index contributed by atoms with van der Waals surface area (Å²) in [7, 11) is 0. The number of thiazole rings is 1. The number of thiophene rings is 1. The first-order valence-corrected chi connectivity index (χ1v) is 8.34. The molecule has 0 aliphatic carbocycles. The minimum atomic E-state index is -0.637. The van der Waals surface area contributed by atoms with Crippen molar-refractivity contribution in [1.82, 2.24) is 10.3 Å². The Hall–Kier alpha value is -2.25. The number of benzene rings is 1. The highest BCUT2D eigenvalue weighted by atomic mass is 32.1. The highest BCUT2D eigenvalue weighted by Crippen LogP contribution is 2.25. The summed E-state index contributed by atoms with van der Waals surface area (Å²) in [6.45, 7) is 1.65. The third-order valence-electron chi connectivity index (χ3n) is 3.01. The highest BCUT2D eigenvalue weighted by Gasteiger charge is 2.18. The van der Waals surface area contributed by atoms with Gasteiger partial charge in [0.2, 0.25) is 5.91 Å². The normalized spacial score (nSPS) is 12.0.